The molecule has 0 saturated carbocycles. The fourth-order valence-electron chi connectivity index (χ4n) is 3.67. The lowest BCUT2D eigenvalue weighted by molar-refractivity contribution is 0.0614. The van der Waals surface area contributed by atoms with Crippen LogP contribution < -0.4 is 9.47 Å². The predicted octanol–water partition coefficient (Wildman–Crippen LogP) is 2.82. The van der Waals surface area contributed by atoms with Gasteiger partial charge in [0.05, 0.1) is 14.2 Å². The van der Waals surface area contributed by atoms with Gasteiger partial charge in [-0.15, -0.1) is 0 Å². The van der Waals surface area contributed by atoms with Crippen molar-refractivity contribution < 1.29 is 14.3 Å². The maximum absolute atomic E-state index is 12.8. The number of allylic oxidation sites excluding steroid dienone is 2. The quantitative estimate of drug-likeness (QED) is 0.771. The van der Waals surface area contributed by atoms with Crippen LogP contribution in [0.2, 0.25) is 0 Å². The van der Waals surface area contributed by atoms with Crippen molar-refractivity contribution in [2.45, 2.75) is 19.3 Å². The molecule has 0 radical (unpaired) electrons. The lowest BCUT2D eigenvalue weighted by Gasteiger charge is -2.36. The van der Waals surface area contributed by atoms with Gasteiger partial charge in [0.25, 0.3) is 5.91 Å². The first kappa shape index (κ1) is 17.8. The Bertz CT molecular complexity index is 621. The molecule has 1 aliphatic heterocycles. The SMILES string of the molecule is COc1ccc(C(=O)N2CCN(CC3CC=CCC3)CC2)cc1OC. The number of methoxy groups -OCH3 is 2. The summed E-state index contributed by atoms with van der Waals surface area (Å²) in [5.74, 6) is 2.09. The van der Waals surface area contributed by atoms with E-state index in [1.807, 2.05) is 11.0 Å². The van der Waals surface area contributed by atoms with Gasteiger partial charge in [0.15, 0.2) is 11.5 Å². The third-order valence-corrected chi connectivity index (χ3v) is 5.18. The van der Waals surface area contributed by atoms with Crippen LogP contribution in [-0.2, 0) is 0 Å². The Kier molecular flexibility index (Phi) is 5.97. The molecular weight excluding hydrogens is 316 g/mol. The topological polar surface area (TPSA) is 42.0 Å². The van der Waals surface area contributed by atoms with Crippen molar-refractivity contribution in [2.75, 3.05) is 46.9 Å². The van der Waals surface area contributed by atoms with Gasteiger partial charge in [0, 0.05) is 38.3 Å². The zero-order chi connectivity index (χ0) is 17.6. The van der Waals surface area contributed by atoms with Crippen molar-refractivity contribution in [1.82, 2.24) is 9.80 Å². The Morgan fingerprint density at radius 3 is 2.48 bits per heavy atom. The number of carbonyl (C=O) groups excluding carboxylic acids is 1. The number of piperazine rings is 1. The zero-order valence-electron chi connectivity index (χ0n) is 15.2. The standard InChI is InChI=1S/C20H28N2O3/c1-24-18-9-8-17(14-19(18)25-2)20(23)22-12-10-21(11-13-22)15-16-6-4-3-5-7-16/h3-4,8-9,14,16H,5-7,10-13,15H2,1-2H3. The number of hydrogen-bond donors (Lipinski definition) is 0. The largest absolute Gasteiger partial charge is 0.493 e. The monoisotopic (exact) mass is 344 g/mol. The van der Waals surface area contributed by atoms with E-state index in [4.69, 9.17) is 9.47 Å². The molecule has 5 heteroatoms. The van der Waals surface area contributed by atoms with Crippen molar-refractivity contribution in [2.24, 2.45) is 5.92 Å². The second-order valence-corrected chi connectivity index (χ2v) is 6.81. The molecule has 1 atom stereocenters. The maximum Gasteiger partial charge on any atom is 0.254 e. The molecule has 0 N–H and O–H groups in total. The van der Waals surface area contributed by atoms with Crippen LogP contribution in [0.5, 0.6) is 11.5 Å². The highest BCUT2D eigenvalue weighted by molar-refractivity contribution is 5.95. The van der Waals surface area contributed by atoms with Crippen LogP contribution in [0.3, 0.4) is 0 Å². The molecule has 1 aromatic rings. The van der Waals surface area contributed by atoms with Crippen LogP contribution in [0, 0.1) is 5.92 Å². The average Bonchev–Trinajstić information content (AvgIpc) is 2.68. The number of amides is 1. The van der Waals surface area contributed by atoms with Gasteiger partial charge >= 0.3 is 0 Å². The molecule has 136 valence electrons. The lowest BCUT2D eigenvalue weighted by Crippen LogP contribution is -2.49. The molecule has 1 fully saturated rings. The van der Waals surface area contributed by atoms with E-state index in [9.17, 15) is 4.79 Å². The first-order valence-electron chi connectivity index (χ1n) is 9.10. The van der Waals surface area contributed by atoms with E-state index < -0.39 is 0 Å². The summed E-state index contributed by atoms with van der Waals surface area (Å²) in [4.78, 5) is 17.2. The highest BCUT2D eigenvalue weighted by Crippen LogP contribution is 2.28. The Morgan fingerprint density at radius 1 is 1.08 bits per heavy atom. The summed E-state index contributed by atoms with van der Waals surface area (Å²) in [6, 6.07) is 5.37. The molecule has 1 amide bonds. The molecule has 3 rings (SSSR count). The first-order valence-corrected chi connectivity index (χ1v) is 9.10. The van der Waals surface area contributed by atoms with Crippen molar-refractivity contribution in [3.05, 3.63) is 35.9 Å². The molecule has 0 aromatic heterocycles. The minimum atomic E-state index is 0.0706. The second-order valence-electron chi connectivity index (χ2n) is 6.81. The summed E-state index contributed by atoms with van der Waals surface area (Å²) in [7, 11) is 3.19. The highest BCUT2D eigenvalue weighted by Gasteiger charge is 2.24. The van der Waals surface area contributed by atoms with Crippen molar-refractivity contribution in [3.8, 4) is 11.5 Å². The summed E-state index contributed by atoms with van der Waals surface area (Å²) in [5, 5.41) is 0. The van der Waals surface area contributed by atoms with Gasteiger partial charge in [-0.05, 0) is 43.4 Å². The number of benzene rings is 1. The molecule has 1 aliphatic carbocycles. The molecule has 5 nitrogen and oxygen atoms in total. The lowest BCUT2D eigenvalue weighted by atomic mass is 9.94. The molecule has 2 aliphatic rings. The van der Waals surface area contributed by atoms with Crippen molar-refractivity contribution in [1.29, 1.82) is 0 Å². The number of nitrogens with zero attached hydrogens (tertiary/aromatic N) is 2. The summed E-state index contributed by atoms with van der Waals surface area (Å²) >= 11 is 0. The smallest absolute Gasteiger partial charge is 0.254 e. The van der Waals surface area contributed by atoms with Crippen LogP contribution in [0.4, 0.5) is 0 Å². The summed E-state index contributed by atoms with van der Waals surface area (Å²) in [5.41, 5.74) is 0.656. The van der Waals surface area contributed by atoms with Gasteiger partial charge in [0.1, 0.15) is 0 Å². The third kappa shape index (κ3) is 4.34. The van der Waals surface area contributed by atoms with Crippen molar-refractivity contribution >= 4 is 5.91 Å². The molecule has 25 heavy (non-hydrogen) atoms. The molecule has 1 unspecified atom stereocenters. The summed E-state index contributed by atoms with van der Waals surface area (Å²) < 4.78 is 10.5. The normalized spacial score (nSPS) is 21.2. The Labute approximate surface area is 150 Å². The van der Waals surface area contributed by atoms with Crippen molar-refractivity contribution in [3.63, 3.8) is 0 Å². The predicted molar refractivity (Wildman–Crippen MR) is 98.4 cm³/mol. The molecular formula is C20H28N2O3. The summed E-state index contributed by atoms with van der Waals surface area (Å²) in [6.07, 6.45) is 8.30. The van der Waals surface area contributed by atoms with E-state index in [0.717, 1.165) is 38.6 Å². The minimum absolute atomic E-state index is 0.0706. The van der Waals surface area contributed by atoms with Gasteiger partial charge in [-0.2, -0.15) is 0 Å². The van der Waals surface area contributed by atoms with E-state index in [1.165, 1.54) is 19.3 Å². The van der Waals surface area contributed by atoms with Crippen LogP contribution in [0.15, 0.2) is 30.4 Å². The van der Waals surface area contributed by atoms with Crippen LogP contribution in [0.1, 0.15) is 29.6 Å². The fraction of sp³-hybridized carbons (Fsp3) is 0.550. The maximum atomic E-state index is 12.8. The van der Waals surface area contributed by atoms with E-state index in [0.29, 0.717) is 17.1 Å². The fourth-order valence-corrected chi connectivity index (χ4v) is 3.67. The molecule has 1 heterocycles. The number of ether oxygens (including phenoxy) is 2. The Morgan fingerprint density at radius 2 is 1.84 bits per heavy atom. The molecule has 0 bridgehead atoms. The van der Waals surface area contributed by atoms with Gasteiger partial charge in [0.2, 0.25) is 0 Å². The second kappa shape index (κ2) is 8.39. The highest BCUT2D eigenvalue weighted by atomic mass is 16.5. The molecule has 0 spiro atoms. The number of carbonyl (C=O) groups is 1. The zero-order valence-corrected chi connectivity index (χ0v) is 15.2. The van der Waals surface area contributed by atoms with E-state index >= 15 is 0 Å². The van der Waals surface area contributed by atoms with Gasteiger partial charge in [-0.3, -0.25) is 9.69 Å². The van der Waals surface area contributed by atoms with Crippen LogP contribution in [-0.4, -0.2) is 62.7 Å². The molecule has 1 aromatic carbocycles. The van der Waals surface area contributed by atoms with Crippen LogP contribution >= 0.6 is 0 Å². The first-order chi connectivity index (χ1) is 12.2. The number of hydrogen-bond acceptors (Lipinski definition) is 4. The Balaban J connectivity index is 1.55. The van der Waals surface area contributed by atoms with E-state index in [-0.39, 0.29) is 5.91 Å². The Hall–Kier alpha value is -2.01. The van der Waals surface area contributed by atoms with Gasteiger partial charge < -0.3 is 14.4 Å². The average molecular weight is 344 g/mol. The van der Waals surface area contributed by atoms with Gasteiger partial charge in [-0.25, -0.2) is 0 Å². The number of rotatable bonds is 5. The van der Waals surface area contributed by atoms with E-state index in [2.05, 4.69) is 17.1 Å². The van der Waals surface area contributed by atoms with Crippen LogP contribution in [0.25, 0.3) is 0 Å². The summed E-state index contributed by atoms with van der Waals surface area (Å²) in [6.45, 7) is 4.65. The van der Waals surface area contributed by atoms with Gasteiger partial charge in [-0.1, -0.05) is 12.2 Å². The third-order valence-electron chi connectivity index (χ3n) is 5.18. The van der Waals surface area contributed by atoms with E-state index in [1.54, 1.807) is 26.4 Å². The minimum Gasteiger partial charge on any atom is -0.493 e. The molecule has 1 saturated heterocycles.